The van der Waals surface area contributed by atoms with Gasteiger partial charge in [0.15, 0.2) is 0 Å². The number of amides is 2. The molecule has 0 saturated carbocycles. The smallest absolute Gasteiger partial charge is 0.264 e. The molecule has 0 bridgehead atoms. The molecule has 3 rings (SSSR count). The Hall–Kier alpha value is -3.48. The lowest BCUT2D eigenvalue weighted by Crippen LogP contribution is -2.50. The van der Waals surface area contributed by atoms with Crippen LogP contribution < -0.4 is 5.32 Å². The lowest BCUT2D eigenvalue weighted by molar-refractivity contribution is -0.128. The lowest BCUT2D eigenvalue weighted by atomic mass is 10.1. The van der Waals surface area contributed by atoms with Gasteiger partial charge in [0.25, 0.3) is 5.91 Å². The minimum Gasteiger partial charge on any atom is -0.383 e. The average molecular weight is 482 g/mol. The number of hydrogen-bond donors (Lipinski definition) is 1. The van der Waals surface area contributed by atoms with Crippen LogP contribution in [0.2, 0.25) is 0 Å². The highest BCUT2D eigenvalue weighted by Crippen LogP contribution is 2.23. The molecule has 1 N–H and O–H groups in total. The Morgan fingerprint density at radius 1 is 1.20 bits per heavy atom. The zero-order valence-corrected chi connectivity index (χ0v) is 20.7. The van der Waals surface area contributed by atoms with Crippen LogP contribution in [0.15, 0.2) is 35.9 Å². The van der Waals surface area contributed by atoms with E-state index in [0.717, 1.165) is 17.0 Å². The predicted octanol–water partition coefficient (Wildman–Crippen LogP) is 3.14. The number of halogens is 1. The highest BCUT2D eigenvalue weighted by Gasteiger charge is 2.25. The van der Waals surface area contributed by atoms with Gasteiger partial charge in [0.2, 0.25) is 5.91 Å². The summed E-state index contributed by atoms with van der Waals surface area (Å²) >= 11 is 0. The second kappa shape index (κ2) is 11.8. The first-order valence-corrected chi connectivity index (χ1v) is 11.6. The van der Waals surface area contributed by atoms with Crippen LogP contribution >= 0.6 is 0 Å². The number of carbonyl (C=O) groups excluding carboxylic acids is 2. The Morgan fingerprint density at radius 2 is 1.86 bits per heavy atom. The number of piperazine rings is 1. The van der Waals surface area contributed by atoms with Crippen LogP contribution in [0.1, 0.15) is 29.9 Å². The van der Waals surface area contributed by atoms with Crippen LogP contribution in [-0.4, -0.2) is 72.6 Å². The molecule has 1 saturated heterocycles. The van der Waals surface area contributed by atoms with Crippen LogP contribution in [-0.2, 0) is 14.3 Å². The van der Waals surface area contributed by atoms with Gasteiger partial charge < -0.3 is 19.5 Å². The molecule has 35 heavy (non-hydrogen) atoms. The first-order chi connectivity index (χ1) is 16.7. The molecule has 1 aliphatic rings. The maximum absolute atomic E-state index is 13.1. The van der Waals surface area contributed by atoms with Gasteiger partial charge in [-0.1, -0.05) is 0 Å². The summed E-state index contributed by atoms with van der Waals surface area (Å²) in [4.78, 5) is 28.9. The third kappa shape index (κ3) is 6.56. The van der Waals surface area contributed by atoms with Gasteiger partial charge >= 0.3 is 0 Å². The zero-order chi connectivity index (χ0) is 25.5. The number of rotatable bonds is 8. The molecule has 1 unspecified atom stereocenters. The topological polar surface area (TPSA) is 90.6 Å². The molecule has 2 aromatic rings. The van der Waals surface area contributed by atoms with E-state index in [1.54, 1.807) is 18.1 Å². The van der Waals surface area contributed by atoms with Crippen molar-refractivity contribution in [3.63, 3.8) is 0 Å². The third-order valence-electron chi connectivity index (χ3n) is 6.18. The molecular formula is C26H32FN5O3. The van der Waals surface area contributed by atoms with Crippen molar-refractivity contribution in [2.45, 2.75) is 26.8 Å². The molecule has 1 aromatic heterocycles. The maximum atomic E-state index is 13.1. The Morgan fingerprint density at radius 3 is 2.46 bits per heavy atom. The number of nitriles is 1. The third-order valence-corrected chi connectivity index (χ3v) is 6.18. The quantitative estimate of drug-likeness (QED) is 0.462. The number of aryl methyl sites for hydroxylation is 1. The van der Waals surface area contributed by atoms with Crippen molar-refractivity contribution in [3.05, 3.63) is 58.7 Å². The van der Waals surface area contributed by atoms with Gasteiger partial charge in [-0.15, -0.1) is 0 Å². The summed E-state index contributed by atoms with van der Waals surface area (Å²) in [5.74, 6) is -0.872. The summed E-state index contributed by atoms with van der Waals surface area (Å²) in [7, 11) is 1.66. The number of carbonyl (C=O) groups is 2. The number of ether oxygens (including phenoxy) is 1. The second-order valence-electron chi connectivity index (χ2n) is 8.79. The van der Waals surface area contributed by atoms with Gasteiger partial charge in [0, 0.05) is 50.4 Å². The Bertz CT molecular complexity index is 1130. The molecule has 0 aliphatic carbocycles. The van der Waals surface area contributed by atoms with Crippen LogP contribution in [0.4, 0.5) is 10.1 Å². The SMILES string of the molecule is COCC(C)n1c(C)cc(/C=C(\C#N)C(=O)N2CCN(CC(=O)Nc3ccc(F)cc3)CC2)c1C. The number of aromatic nitrogens is 1. The van der Waals surface area contributed by atoms with Crippen molar-refractivity contribution in [1.29, 1.82) is 5.26 Å². The Kier molecular flexibility index (Phi) is 8.79. The molecule has 0 radical (unpaired) electrons. The number of nitrogens with one attached hydrogen (secondary N) is 1. The standard InChI is InChI=1S/C26H32FN5O3/c1-18-13-21(20(3)32(18)19(2)17-35-4)14-22(15-28)26(34)31-11-9-30(10-12-31)16-25(33)29-24-7-5-23(27)6-8-24/h5-8,13-14,19H,9-12,16-17H2,1-4H3,(H,29,33)/b22-14+. The predicted molar refractivity (Wildman–Crippen MR) is 132 cm³/mol. The van der Waals surface area contributed by atoms with Gasteiger partial charge in [0.05, 0.1) is 19.2 Å². The summed E-state index contributed by atoms with van der Waals surface area (Å²) < 4.78 is 20.4. The zero-order valence-electron chi connectivity index (χ0n) is 20.7. The molecular weight excluding hydrogens is 449 g/mol. The highest BCUT2D eigenvalue weighted by molar-refractivity contribution is 6.02. The lowest BCUT2D eigenvalue weighted by Gasteiger charge is -2.34. The monoisotopic (exact) mass is 481 g/mol. The van der Waals surface area contributed by atoms with E-state index < -0.39 is 0 Å². The number of nitrogens with zero attached hydrogens (tertiary/aromatic N) is 4. The van der Waals surface area contributed by atoms with Gasteiger partial charge in [-0.25, -0.2) is 4.39 Å². The Labute approximate surface area is 205 Å². The van der Waals surface area contributed by atoms with E-state index in [1.807, 2.05) is 24.8 Å². The fourth-order valence-electron chi connectivity index (χ4n) is 4.46. The molecule has 186 valence electrons. The van der Waals surface area contributed by atoms with Crippen LogP contribution in [0.3, 0.4) is 0 Å². The van der Waals surface area contributed by atoms with Gasteiger partial charge in [-0.3, -0.25) is 14.5 Å². The average Bonchev–Trinajstić information content (AvgIpc) is 3.11. The normalized spacial score (nSPS) is 15.5. The van der Waals surface area contributed by atoms with Crippen molar-refractivity contribution >= 4 is 23.6 Å². The van der Waals surface area contributed by atoms with E-state index in [1.165, 1.54) is 24.3 Å². The summed E-state index contributed by atoms with van der Waals surface area (Å²) in [5.41, 5.74) is 3.48. The maximum Gasteiger partial charge on any atom is 0.264 e. The van der Waals surface area contributed by atoms with Crippen molar-refractivity contribution in [1.82, 2.24) is 14.4 Å². The first-order valence-electron chi connectivity index (χ1n) is 11.6. The first kappa shape index (κ1) is 26.1. The van der Waals surface area contributed by atoms with Crippen molar-refractivity contribution < 1.29 is 18.7 Å². The number of methoxy groups -OCH3 is 1. The van der Waals surface area contributed by atoms with Gasteiger partial charge in [-0.05, 0) is 62.7 Å². The second-order valence-corrected chi connectivity index (χ2v) is 8.79. The van der Waals surface area contributed by atoms with E-state index in [4.69, 9.17) is 4.74 Å². The fraction of sp³-hybridized carbons (Fsp3) is 0.423. The van der Waals surface area contributed by atoms with E-state index in [2.05, 4.69) is 22.9 Å². The van der Waals surface area contributed by atoms with Gasteiger partial charge in [-0.2, -0.15) is 5.26 Å². The summed E-state index contributed by atoms with van der Waals surface area (Å²) in [6, 6.07) is 9.77. The van der Waals surface area contributed by atoms with Crippen molar-refractivity contribution in [2.24, 2.45) is 0 Å². The summed E-state index contributed by atoms with van der Waals surface area (Å²) in [6.45, 7) is 8.65. The molecule has 1 atom stereocenters. The molecule has 2 heterocycles. The van der Waals surface area contributed by atoms with E-state index in [-0.39, 0.29) is 35.8 Å². The largest absolute Gasteiger partial charge is 0.383 e. The molecule has 9 heteroatoms. The summed E-state index contributed by atoms with van der Waals surface area (Å²) in [6.07, 6.45) is 1.66. The fourth-order valence-corrected chi connectivity index (χ4v) is 4.46. The van der Waals surface area contributed by atoms with Crippen LogP contribution in [0, 0.1) is 31.0 Å². The van der Waals surface area contributed by atoms with E-state index >= 15 is 0 Å². The number of hydrogen-bond acceptors (Lipinski definition) is 5. The number of benzene rings is 1. The van der Waals surface area contributed by atoms with Crippen LogP contribution in [0.25, 0.3) is 6.08 Å². The molecule has 1 fully saturated rings. The molecule has 2 amide bonds. The highest BCUT2D eigenvalue weighted by atomic mass is 19.1. The molecule has 1 aliphatic heterocycles. The minimum atomic E-state index is -0.363. The van der Waals surface area contributed by atoms with Crippen LogP contribution in [0.5, 0.6) is 0 Å². The molecule has 8 nitrogen and oxygen atoms in total. The molecule has 0 spiro atoms. The van der Waals surface area contributed by atoms with Crippen molar-refractivity contribution in [3.8, 4) is 6.07 Å². The van der Waals surface area contributed by atoms with E-state index in [0.29, 0.717) is 38.5 Å². The van der Waals surface area contributed by atoms with Crippen molar-refractivity contribution in [2.75, 3.05) is 51.8 Å². The number of anilines is 1. The Balaban J connectivity index is 1.59. The van der Waals surface area contributed by atoms with E-state index in [9.17, 15) is 19.2 Å². The van der Waals surface area contributed by atoms with Gasteiger partial charge in [0.1, 0.15) is 17.5 Å². The molecule has 1 aromatic carbocycles. The minimum absolute atomic E-state index is 0.0900. The summed E-state index contributed by atoms with van der Waals surface area (Å²) in [5, 5.41) is 12.4.